The summed E-state index contributed by atoms with van der Waals surface area (Å²) in [5.74, 6) is 0. The molecule has 12 heteroatoms. The number of rotatable bonds is 4. The number of fused-ring (bicyclic) bond motifs is 1. The molecular weight excluding hydrogens is 446 g/mol. The van der Waals surface area contributed by atoms with Crippen LogP contribution in [0.4, 0.5) is 0 Å². The predicted molar refractivity (Wildman–Crippen MR) is 115 cm³/mol. The zero-order valence-corrected chi connectivity index (χ0v) is 19.4. The number of hydrogen-bond donors (Lipinski definition) is 4. The summed E-state index contributed by atoms with van der Waals surface area (Å²) >= 11 is 0. The topological polar surface area (TPSA) is 149 Å². The molecule has 0 spiro atoms. The molecule has 8 nitrogen and oxygen atoms in total. The van der Waals surface area contributed by atoms with E-state index < -0.39 is 49.1 Å². The fraction of sp³-hybridized carbons (Fsp3) is 0.375. The Hall–Kier alpha value is -0.700. The van der Waals surface area contributed by atoms with Gasteiger partial charge in [-0.05, 0) is 21.9 Å². The lowest BCUT2D eigenvalue weighted by Gasteiger charge is -2.12. The summed E-state index contributed by atoms with van der Waals surface area (Å²) in [6.07, 6.45) is 5.76. The van der Waals surface area contributed by atoms with E-state index in [1.165, 1.54) is 0 Å². The van der Waals surface area contributed by atoms with Crippen molar-refractivity contribution in [2.75, 3.05) is 25.0 Å². The first-order valence-corrected chi connectivity index (χ1v) is 15.2. The summed E-state index contributed by atoms with van der Waals surface area (Å²) in [5.41, 5.74) is 0.923. The van der Waals surface area contributed by atoms with Crippen LogP contribution in [0, 0.1) is 0 Å². The molecule has 0 fully saturated rings. The number of benzene rings is 2. The maximum absolute atomic E-state index is 11.1. The van der Waals surface area contributed by atoms with Crippen LogP contribution in [0.1, 0.15) is 11.1 Å². The first kappa shape index (κ1) is 27.3. The molecule has 4 N–H and O–H groups in total. The molecule has 0 saturated heterocycles. The Bertz CT molecular complexity index is 837. The summed E-state index contributed by atoms with van der Waals surface area (Å²) < 4.78 is 41.4. The molecule has 0 aliphatic carbocycles. The Labute approximate surface area is 169 Å². The molecule has 2 rings (SSSR count). The molecule has 160 valence electrons. The van der Waals surface area contributed by atoms with Crippen molar-refractivity contribution < 1.29 is 37.1 Å². The molecule has 0 saturated carbocycles. The van der Waals surface area contributed by atoms with Crippen LogP contribution < -0.4 is 0 Å². The van der Waals surface area contributed by atoms with Gasteiger partial charge in [-0.2, -0.15) is 0 Å². The molecule has 28 heavy (non-hydrogen) atoms. The van der Waals surface area contributed by atoms with Crippen LogP contribution in [-0.4, -0.2) is 53.0 Å². The van der Waals surface area contributed by atoms with E-state index in [9.17, 15) is 17.5 Å². The van der Waals surface area contributed by atoms with Gasteiger partial charge in [0.25, 0.3) is 0 Å². The average molecular weight is 472 g/mol. The molecule has 0 aliphatic heterocycles. The van der Waals surface area contributed by atoms with E-state index in [1.807, 2.05) is 0 Å². The molecule has 0 atom stereocenters. The first-order valence-electron chi connectivity index (χ1n) is 7.71. The minimum absolute atomic E-state index is 0.399. The van der Waals surface area contributed by atoms with Gasteiger partial charge in [-0.15, -0.1) is 0 Å². The molecule has 0 unspecified atom stereocenters. The van der Waals surface area contributed by atoms with E-state index >= 15 is 0 Å². The van der Waals surface area contributed by atoms with Crippen LogP contribution in [0.25, 0.3) is 10.8 Å². The Balaban J connectivity index is 0.000000776. The van der Waals surface area contributed by atoms with Gasteiger partial charge in [0, 0.05) is 46.6 Å². The van der Waals surface area contributed by atoms with Crippen LogP contribution in [-0.2, 0) is 43.1 Å². The van der Waals surface area contributed by atoms with Crippen LogP contribution in [0.5, 0.6) is 0 Å². The third kappa shape index (κ3) is 13.5. The second-order valence-electron chi connectivity index (χ2n) is 6.06. The Kier molecular flexibility index (Phi) is 11.8. The van der Waals surface area contributed by atoms with E-state index in [-0.39, 0.29) is 0 Å². The average Bonchev–Trinajstić information content (AvgIpc) is 2.44. The lowest BCUT2D eigenvalue weighted by atomic mass is 10.0. The highest BCUT2D eigenvalue weighted by Crippen LogP contribution is 2.43. The van der Waals surface area contributed by atoms with Crippen molar-refractivity contribution in [1.82, 2.24) is 0 Å². The highest BCUT2D eigenvalue weighted by molar-refractivity contribution is 7.83. The lowest BCUT2D eigenvalue weighted by Crippen LogP contribution is -1.93. The maximum Gasteiger partial charge on any atom is 0.329 e. The van der Waals surface area contributed by atoms with Crippen LogP contribution >= 0.6 is 15.2 Å². The zero-order chi connectivity index (χ0) is 22.1. The van der Waals surface area contributed by atoms with Crippen molar-refractivity contribution in [1.29, 1.82) is 0 Å². The Morgan fingerprint density at radius 1 is 0.679 bits per heavy atom. The molecular formula is C16H26O8P2S2. The quantitative estimate of drug-likeness (QED) is 0.495. The van der Waals surface area contributed by atoms with Crippen LogP contribution in [0.15, 0.2) is 36.4 Å². The third-order valence-electron chi connectivity index (χ3n) is 2.86. The van der Waals surface area contributed by atoms with Gasteiger partial charge in [-0.25, -0.2) is 0 Å². The largest absolute Gasteiger partial charge is 0.329 e. The minimum atomic E-state index is -4.20. The van der Waals surface area contributed by atoms with Crippen molar-refractivity contribution in [2.45, 2.75) is 12.3 Å². The van der Waals surface area contributed by atoms with Crippen molar-refractivity contribution in [3.8, 4) is 0 Å². The third-order valence-corrected chi connectivity index (χ3v) is 4.36. The first-order chi connectivity index (χ1) is 12.6. The van der Waals surface area contributed by atoms with Crippen molar-refractivity contribution in [2.24, 2.45) is 0 Å². The highest BCUT2D eigenvalue weighted by Gasteiger charge is 2.19. The van der Waals surface area contributed by atoms with E-state index in [0.717, 1.165) is 0 Å². The predicted octanol–water partition coefficient (Wildman–Crippen LogP) is 2.18. The standard InChI is InChI=1S/C12H14O6P2.2C2H6OS/c13-19(14,15)7-9-3-1-5-11-10(8-20(16,17)18)4-2-6-12(9)11;2*1-4(2)3/h1-6H,7-8H2,(H2,13,14,15)(H2,16,17,18);2*1-2H3. The minimum Gasteiger partial charge on any atom is -0.324 e. The summed E-state index contributed by atoms with van der Waals surface area (Å²) in [7, 11) is -9.63. The smallest absolute Gasteiger partial charge is 0.324 e. The lowest BCUT2D eigenvalue weighted by molar-refractivity contribution is 0.369. The monoisotopic (exact) mass is 472 g/mol. The molecule has 2 aromatic rings. The molecule has 2 aromatic carbocycles. The van der Waals surface area contributed by atoms with E-state index in [2.05, 4.69) is 0 Å². The summed E-state index contributed by atoms with van der Waals surface area (Å²) in [6, 6.07) is 9.81. The van der Waals surface area contributed by atoms with Crippen LogP contribution in [0.3, 0.4) is 0 Å². The molecule has 0 aliphatic rings. The summed E-state index contributed by atoms with van der Waals surface area (Å²) in [6.45, 7) is 0. The van der Waals surface area contributed by atoms with Crippen molar-refractivity contribution >= 4 is 47.6 Å². The summed E-state index contributed by atoms with van der Waals surface area (Å²) in [4.78, 5) is 36.3. The van der Waals surface area contributed by atoms with Gasteiger partial charge in [0.2, 0.25) is 0 Å². The number of hydrogen-bond acceptors (Lipinski definition) is 4. The van der Waals surface area contributed by atoms with Crippen molar-refractivity contribution in [3.05, 3.63) is 47.5 Å². The van der Waals surface area contributed by atoms with Gasteiger partial charge < -0.3 is 19.6 Å². The van der Waals surface area contributed by atoms with E-state index in [0.29, 0.717) is 21.9 Å². The molecule has 0 bridgehead atoms. The molecule has 0 amide bonds. The van der Waals surface area contributed by atoms with Crippen molar-refractivity contribution in [3.63, 3.8) is 0 Å². The molecule has 0 radical (unpaired) electrons. The van der Waals surface area contributed by atoms with Gasteiger partial charge >= 0.3 is 15.2 Å². The van der Waals surface area contributed by atoms with Gasteiger partial charge in [0.15, 0.2) is 0 Å². The maximum atomic E-state index is 11.1. The van der Waals surface area contributed by atoms with Gasteiger partial charge in [0.05, 0.1) is 12.3 Å². The Morgan fingerprint density at radius 3 is 1.14 bits per heavy atom. The second-order valence-corrected chi connectivity index (χ2v) is 12.3. The van der Waals surface area contributed by atoms with E-state index in [4.69, 9.17) is 19.6 Å². The van der Waals surface area contributed by atoms with Gasteiger partial charge in [0.1, 0.15) is 0 Å². The molecule has 0 heterocycles. The highest BCUT2D eigenvalue weighted by atomic mass is 32.2. The van der Waals surface area contributed by atoms with Crippen LogP contribution in [0.2, 0.25) is 0 Å². The SMILES string of the molecule is CS(C)=O.CS(C)=O.O=P(O)(O)Cc1cccc2c(CP(=O)(O)O)cccc12. The second kappa shape index (κ2) is 12.1. The Morgan fingerprint density at radius 2 is 0.929 bits per heavy atom. The molecule has 0 aromatic heterocycles. The normalized spacial score (nSPS) is 11.6. The fourth-order valence-corrected chi connectivity index (χ4v) is 3.60. The zero-order valence-electron chi connectivity index (χ0n) is 16.0. The van der Waals surface area contributed by atoms with E-state index in [1.54, 1.807) is 61.4 Å². The van der Waals surface area contributed by atoms with Gasteiger partial charge in [-0.3, -0.25) is 17.5 Å². The fourth-order valence-electron chi connectivity index (χ4n) is 2.16. The summed E-state index contributed by atoms with van der Waals surface area (Å²) in [5, 5.41) is 1.20. The van der Waals surface area contributed by atoms with Gasteiger partial charge in [-0.1, -0.05) is 36.4 Å².